The summed E-state index contributed by atoms with van der Waals surface area (Å²) in [4.78, 5) is 2.67. The normalized spacial score (nSPS) is 30.0. The second-order valence-corrected chi connectivity index (χ2v) is 5.60. The maximum absolute atomic E-state index is 5.58. The van der Waals surface area contributed by atoms with Crippen molar-refractivity contribution >= 4 is 0 Å². The van der Waals surface area contributed by atoms with Crippen LogP contribution in [0.4, 0.5) is 0 Å². The number of nitrogens with one attached hydrogen (secondary N) is 1. The summed E-state index contributed by atoms with van der Waals surface area (Å²) in [5.74, 6) is 2.06. The van der Waals surface area contributed by atoms with Crippen LogP contribution in [0.15, 0.2) is 16.5 Å². The van der Waals surface area contributed by atoms with Crippen molar-refractivity contribution in [3.8, 4) is 0 Å². The minimum atomic E-state index is 0.635. The topological polar surface area (TPSA) is 28.4 Å². The van der Waals surface area contributed by atoms with Gasteiger partial charge in [-0.3, -0.25) is 4.90 Å². The van der Waals surface area contributed by atoms with Gasteiger partial charge in [-0.05, 0) is 45.2 Å². The fraction of sp³-hybridized carbons (Fsp3) is 0.714. The van der Waals surface area contributed by atoms with Gasteiger partial charge in [-0.2, -0.15) is 0 Å². The first-order chi connectivity index (χ1) is 8.22. The molecule has 2 fully saturated rings. The van der Waals surface area contributed by atoms with Gasteiger partial charge in [0.05, 0.1) is 6.54 Å². The molecule has 0 aromatic carbocycles. The van der Waals surface area contributed by atoms with Gasteiger partial charge >= 0.3 is 0 Å². The van der Waals surface area contributed by atoms with Crippen LogP contribution in [0.1, 0.15) is 37.7 Å². The van der Waals surface area contributed by atoms with Crippen molar-refractivity contribution in [3.63, 3.8) is 0 Å². The Kier molecular flexibility index (Phi) is 2.97. The Labute approximate surface area is 103 Å². The van der Waals surface area contributed by atoms with Gasteiger partial charge in [-0.1, -0.05) is 0 Å². The minimum Gasteiger partial charge on any atom is -0.465 e. The molecule has 0 bridgehead atoms. The molecule has 1 N–H and O–H groups in total. The van der Waals surface area contributed by atoms with Gasteiger partial charge in [0.2, 0.25) is 0 Å². The summed E-state index contributed by atoms with van der Waals surface area (Å²) in [6.45, 7) is 6.43. The summed E-state index contributed by atoms with van der Waals surface area (Å²) in [6.07, 6.45) is 4.10. The molecular formula is C14H22N2O. The molecule has 17 heavy (non-hydrogen) atoms. The van der Waals surface area contributed by atoms with Gasteiger partial charge in [0, 0.05) is 24.7 Å². The molecule has 2 heterocycles. The SMILES string of the molecule is Cc1ccc(CNC2CC(C)N(C3CC3)C2)o1. The van der Waals surface area contributed by atoms with Crippen LogP contribution in [-0.4, -0.2) is 29.6 Å². The number of rotatable bonds is 4. The first-order valence-electron chi connectivity index (χ1n) is 6.77. The number of nitrogens with zero attached hydrogens (tertiary/aromatic N) is 1. The van der Waals surface area contributed by atoms with Crippen molar-refractivity contribution < 1.29 is 4.42 Å². The van der Waals surface area contributed by atoms with Crippen LogP contribution in [0.2, 0.25) is 0 Å². The van der Waals surface area contributed by atoms with Crippen LogP contribution in [-0.2, 0) is 6.54 Å². The molecule has 1 aromatic rings. The largest absolute Gasteiger partial charge is 0.465 e. The van der Waals surface area contributed by atoms with Gasteiger partial charge in [0.1, 0.15) is 11.5 Å². The molecule has 1 saturated carbocycles. The first-order valence-corrected chi connectivity index (χ1v) is 6.77. The monoisotopic (exact) mass is 234 g/mol. The highest BCUT2D eigenvalue weighted by Crippen LogP contribution is 2.33. The minimum absolute atomic E-state index is 0.635. The summed E-state index contributed by atoms with van der Waals surface area (Å²) < 4.78 is 5.58. The molecule has 2 unspecified atom stereocenters. The van der Waals surface area contributed by atoms with E-state index in [1.807, 2.05) is 13.0 Å². The molecule has 1 aliphatic carbocycles. The Bertz CT molecular complexity index is 383. The molecule has 2 atom stereocenters. The predicted molar refractivity (Wildman–Crippen MR) is 67.9 cm³/mol. The average Bonchev–Trinajstić information content (AvgIpc) is 2.95. The zero-order valence-corrected chi connectivity index (χ0v) is 10.8. The molecular weight excluding hydrogens is 212 g/mol. The van der Waals surface area contributed by atoms with Gasteiger partial charge in [-0.25, -0.2) is 0 Å². The smallest absolute Gasteiger partial charge is 0.117 e. The van der Waals surface area contributed by atoms with E-state index >= 15 is 0 Å². The predicted octanol–water partition coefficient (Wildman–Crippen LogP) is 2.30. The van der Waals surface area contributed by atoms with E-state index in [-0.39, 0.29) is 0 Å². The van der Waals surface area contributed by atoms with Gasteiger partial charge < -0.3 is 9.73 Å². The van der Waals surface area contributed by atoms with Crippen molar-refractivity contribution in [1.82, 2.24) is 10.2 Å². The fourth-order valence-electron chi connectivity index (χ4n) is 2.94. The maximum Gasteiger partial charge on any atom is 0.117 e. The van der Waals surface area contributed by atoms with Crippen LogP contribution in [0.25, 0.3) is 0 Å². The van der Waals surface area contributed by atoms with Crippen molar-refractivity contribution in [2.45, 2.75) is 57.8 Å². The summed E-state index contributed by atoms with van der Waals surface area (Å²) in [5, 5.41) is 3.62. The third-order valence-electron chi connectivity index (χ3n) is 4.00. The van der Waals surface area contributed by atoms with E-state index in [1.54, 1.807) is 0 Å². The Morgan fingerprint density at radius 1 is 1.41 bits per heavy atom. The van der Waals surface area contributed by atoms with Gasteiger partial charge in [-0.15, -0.1) is 0 Å². The number of furan rings is 1. The van der Waals surface area contributed by atoms with Gasteiger partial charge in [0.25, 0.3) is 0 Å². The van der Waals surface area contributed by atoms with Crippen LogP contribution < -0.4 is 5.32 Å². The lowest BCUT2D eigenvalue weighted by Gasteiger charge is -2.19. The second kappa shape index (κ2) is 4.46. The Hall–Kier alpha value is -0.800. The molecule has 0 amide bonds. The Morgan fingerprint density at radius 2 is 2.24 bits per heavy atom. The summed E-state index contributed by atoms with van der Waals surface area (Å²) >= 11 is 0. The third-order valence-corrected chi connectivity index (χ3v) is 4.00. The maximum atomic E-state index is 5.58. The summed E-state index contributed by atoms with van der Waals surface area (Å²) in [5.41, 5.74) is 0. The Morgan fingerprint density at radius 3 is 2.88 bits per heavy atom. The van der Waals surface area contributed by atoms with E-state index in [0.29, 0.717) is 6.04 Å². The molecule has 0 radical (unpaired) electrons. The Balaban J connectivity index is 1.49. The lowest BCUT2D eigenvalue weighted by molar-refractivity contribution is 0.254. The number of aryl methyl sites for hydroxylation is 1. The first kappa shape index (κ1) is 11.3. The highest BCUT2D eigenvalue weighted by Gasteiger charge is 2.38. The summed E-state index contributed by atoms with van der Waals surface area (Å²) in [7, 11) is 0. The zero-order valence-electron chi connectivity index (χ0n) is 10.8. The lowest BCUT2D eigenvalue weighted by Crippen LogP contribution is -2.33. The van der Waals surface area contributed by atoms with Crippen molar-refractivity contribution in [3.05, 3.63) is 23.7 Å². The van der Waals surface area contributed by atoms with Crippen molar-refractivity contribution in [2.24, 2.45) is 0 Å². The molecule has 3 rings (SSSR count). The van der Waals surface area contributed by atoms with E-state index in [2.05, 4.69) is 23.2 Å². The quantitative estimate of drug-likeness (QED) is 0.866. The second-order valence-electron chi connectivity index (χ2n) is 5.60. The van der Waals surface area contributed by atoms with Crippen molar-refractivity contribution in [1.29, 1.82) is 0 Å². The van der Waals surface area contributed by atoms with Crippen LogP contribution in [0.3, 0.4) is 0 Å². The van der Waals surface area contributed by atoms with E-state index in [0.717, 1.165) is 30.1 Å². The third kappa shape index (κ3) is 2.55. The van der Waals surface area contributed by atoms with E-state index in [4.69, 9.17) is 4.42 Å². The lowest BCUT2D eigenvalue weighted by atomic mass is 10.2. The van der Waals surface area contributed by atoms with Gasteiger partial charge in [0.15, 0.2) is 0 Å². The number of likely N-dealkylation sites (tertiary alicyclic amines) is 1. The van der Waals surface area contributed by atoms with Crippen LogP contribution in [0, 0.1) is 6.92 Å². The van der Waals surface area contributed by atoms with Crippen LogP contribution >= 0.6 is 0 Å². The standard InChI is InChI=1S/C14H22N2O/c1-10-7-12(9-16(10)13-4-5-13)15-8-14-6-3-11(2)17-14/h3,6,10,12-13,15H,4-5,7-9H2,1-2H3. The highest BCUT2D eigenvalue weighted by molar-refractivity contribution is 5.06. The highest BCUT2D eigenvalue weighted by atomic mass is 16.3. The molecule has 3 heteroatoms. The van der Waals surface area contributed by atoms with E-state index in [1.165, 1.54) is 25.8 Å². The van der Waals surface area contributed by atoms with E-state index < -0.39 is 0 Å². The average molecular weight is 234 g/mol. The molecule has 3 nitrogen and oxygen atoms in total. The zero-order chi connectivity index (χ0) is 11.8. The fourth-order valence-corrected chi connectivity index (χ4v) is 2.94. The van der Waals surface area contributed by atoms with Crippen LogP contribution in [0.5, 0.6) is 0 Å². The summed E-state index contributed by atoms with van der Waals surface area (Å²) in [6, 6.07) is 6.38. The molecule has 1 aliphatic heterocycles. The molecule has 94 valence electrons. The number of hydrogen-bond donors (Lipinski definition) is 1. The number of hydrogen-bond acceptors (Lipinski definition) is 3. The molecule has 1 aromatic heterocycles. The molecule has 0 spiro atoms. The molecule has 1 saturated heterocycles. The molecule has 2 aliphatic rings. The van der Waals surface area contributed by atoms with Crippen molar-refractivity contribution in [2.75, 3.05) is 6.54 Å². The van der Waals surface area contributed by atoms with E-state index in [9.17, 15) is 0 Å².